The first-order valence-corrected chi connectivity index (χ1v) is 7.67. The number of anilines is 1. The molecule has 0 amide bonds. The zero-order valence-corrected chi connectivity index (χ0v) is 13.4. The van der Waals surface area contributed by atoms with Gasteiger partial charge in [0.1, 0.15) is 0 Å². The Morgan fingerprint density at radius 2 is 2.30 bits per heavy atom. The summed E-state index contributed by atoms with van der Waals surface area (Å²) in [6, 6.07) is 6.21. The van der Waals surface area contributed by atoms with Crippen molar-refractivity contribution in [3.05, 3.63) is 27.7 Å². The molecule has 0 radical (unpaired) electrons. The summed E-state index contributed by atoms with van der Waals surface area (Å²) in [7, 11) is 0. The van der Waals surface area contributed by atoms with Crippen molar-refractivity contribution in [1.82, 2.24) is 20.5 Å². The van der Waals surface area contributed by atoms with Gasteiger partial charge in [0.2, 0.25) is 5.95 Å². The Kier molecular flexibility index (Phi) is 3.96. The molecule has 1 aliphatic rings. The van der Waals surface area contributed by atoms with Crippen molar-refractivity contribution in [1.29, 1.82) is 0 Å². The number of rotatable bonds is 2. The van der Waals surface area contributed by atoms with Crippen LogP contribution in [-0.4, -0.2) is 40.9 Å². The Balaban J connectivity index is 1.88. The van der Waals surface area contributed by atoms with E-state index in [1.54, 1.807) is 0 Å². The number of halogens is 2. The maximum absolute atomic E-state index is 6.29. The number of aromatic amines is 1. The van der Waals surface area contributed by atoms with E-state index >= 15 is 0 Å². The average molecular weight is 357 g/mol. The van der Waals surface area contributed by atoms with E-state index in [-0.39, 0.29) is 0 Å². The van der Waals surface area contributed by atoms with E-state index in [2.05, 4.69) is 48.3 Å². The van der Waals surface area contributed by atoms with Crippen molar-refractivity contribution in [2.24, 2.45) is 0 Å². The predicted octanol–water partition coefficient (Wildman–Crippen LogP) is 2.69. The van der Waals surface area contributed by atoms with Crippen LogP contribution in [0.2, 0.25) is 5.02 Å². The van der Waals surface area contributed by atoms with Gasteiger partial charge in [-0.3, -0.25) is 5.10 Å². The first kappa shape index (κ1) is 13.9. The highest BCUT2D eigenvalue weighted by Crippen LogP contribution is 2.32. The van der Waals surface area contributed by atoms with Crippen LogP contribution in [0.25, 0.3) is 11.4 Å². The Morgan fingerprint density at radius 1 is 1.45 bits per heavy atom. The molecule has 1 aliphatic heterocycles. The molecule has 20 heavy (non-hydrogen) atoms. The highest BCUT2D eigenvalue weighted by molar-refractivity contribution is 9.10. The van der Waals surface area contributed by atoms with Gasteiger partial charge < -0.3 is 10.2 Å². The van der Waals surface area contributed by atoms with Crippen molar-refractivity contribution >= 4 is 33.5 Å². The summed E-state index contributed by atoms with van der Waals surface area (Å²) in [5, 5.41) is 11.3. The molecule has 1 aromatic carbocycles. The van der Waals surface area contributed by atoms with Crippen LogP contribution in [0.15, 0.2) is 22.7 Å². The molecule has 0 bridgehead atoms. The minimum absolute atomic E-state index is 0.445. The van der Waals surface area contributed by atoms with Crippen LogP contribution in [0.5, 0.6) is 0 Å². The number of hydrogen-bond acceptors (Lipinski definition) is 4. The normalized spacial score (nSPS) is 19.4. The van der Waals surface area contributed by atoms with Crippen LogP contribution >= 0.6 is 27.5 Å². The van der Waals surface area contributed by atoms with Gasteiger partial charge in [-0.05, 0) is 35.0 Å². The van der Waals surface area contributed by atoms with Crippen LogP contribution < -0.4 is 10.2 Å². The first-order chi connectivity index (χ1) is 9.65. The van der Waals surface area contributed by atoms with Gasteiger partial charge in [0, 0.05) is 35.7 Å². The summed E-state index contributed by atoms with van der Waals surface area (Å²) in [6.45, 7) is 4.92. The lowest BCUT2D eigenvalue weighted by atomic mass is 10.2. The zero-order valence-electron chi connectivity index (χ0n) is 11.0. The zero-order chi connectivity index (χ0) is 14.1. The smallest absolute Gasteiger partial charge is 0.245 e. The number of hydrogen-bond donors (Lipinski definition) is 2. The molecule has 1 fully saturated rings. The largest absolute Gasteiger partial charge is 0.337 e. The molecule has 106 valence electrons. The van der Waals surface area contributed by atoms with Crippen molar-refractivity contribution in [2.45, 2.75) is 13.0 Å². The molecule has 7 heteroatoms. The van der Waals surface area contributed by atoms with E-state index < -0.39 is 0 Å². The van der Waals surface area contributed by atoms with Gasteiger partial charge in [0.25, 0.3) is 0 Å². The van der Waals surface area contributed by atoms with Gasteiger partial charge in [0.15, 0.2) is 5.82 Å². The maximum Gasteiger partial charge on any atom is 0.245 e. The minimum Gasteiger partial charge on any atom is -0.337 e. The summed E-state index contributed by atoms with van der Waals surface area (Å²) in [5.74, 6) is 1.42. The fourth-order valence-corrected chi connectivity index (χ4v) is 2.90. The lowest BCUT2D eigenvalue weighted by Crippen LogP contribution is -2.49. The lowest BCUT2D eigenvalue weighted by molar-refractivity contribution is 0.480. The van der Waals surface area contributed by atoms with Gasteiger partial charge >= 0.3 is 0 Å². The van der Waals surface area contributed by atoms with Crippen molar-refractivity contribution in [3.63, 3.8) is 0 Å². The van der Waals surface area contributed by atoms with Crippen molar-refractivity contribution < 1.29 is 0 Å². The molecule has 1 atom stereocenters. The molecule has 1 unspecified atom stereocenters. The van der Waals surface area contributed by atoms with Crippen LogP contribution in [-0.2, 0) is 0 Å². The SMILES string of the molecule is CC1CN(c2n[nH]c(-c3cccc(Br)c3Cl)n2)CCN1. The molecular weight excluding hydrogens is 342 g/mol. The van der Waals surface area contributed by atoms with Crippen molar-refractivity contribution in [2.75, 3.05) is 24.5 Å². The van der Waals surface area contributed by atoms with E-state index in [4.69, 9.17) is 11.6 Å². The molecule has 2 aromatic rings. The Hall–Kier alpha value is -1.11. The number of H-pyrrole nitrogens is 1. The first-order valence-electron chi connectivity index (χ1n) is 6.50. The Bertz CT molecular complexity index is 615. The second kappa shape index (κ2) is 5.71. The van der Waals surface area contributed by atoms with Gasteiger partial charge in [-0.2, -0.15) is 4.98 Å². The molecule has 1 saturated heterocycles. The van der Waals surface area contributed by atoms with E-state index in [1.165, 1.54) is 0 Å². The Morgan fingerprint density at radius 3 is 3.10 bits per heavy atom. The molecular formula is C13H15BrClN5. The van der Waals surface area contributed by atoms with Crippen LogP contribution in [0.3, 0.4) is 0 Å². The van der Waals surface area contributed by atoms with E-state index in [1.807, 2.05) is 18.2 Å². The van der Waals surface area contributed by atoms with Crippen molar-refractivity contribution in [3.8, 4) is 11.4 Å². The summed E-state index contributed by atoms with van der Waals surface area (Å²) in [6.07, 6.45) is 0. The number of piperazine rings is 1. The molecule has 0 spiro atoms. The van der Waals surface area contributed by atoms with Crippen LogP contribution in [0, 0.1) is 0 Å². The lowest BCUT2D eigenvalue weighted by Gasteiger charge is -2.30. The van der Waals surface area contributed by atoms with Gasteiger partial charge in [-0.1, -0.05) is 17.7 Å². The number of aromatic nitrogens is 3. The number of nitrogens with one attached hydrogen (secondary N) is 2. The fourth-order valence-electron chi connectivity index (χ4n) is 2.32. The van der Waals surface area contributed by atoms with Gasteiger partial charge in [-0.25, -0.2) is 0 Å². The molecule has 2 heterocycles. The summed E-state index contributed by atoms with van der Waals surface area (Å²) >= 11 is 9.71. The van der Waals surface area contributed by atoms with Crippen LogP contribution in [0.4, 0.5) is 5.95 Å². The molecule has 2 N–H and O–H groups in total. The number of benzene rings is 1. The summed E-state index contributed by atoms with van der Waals surface area (Å²) < 4.78 is 0.852. The minimum atomic E-state index is 0.445. The predicted molar refractivity (Wildman–Crippen MR) is 84.2 cm³/mol. The summed E-state index contributed by atoms with van der Waals surface area (Å²) in [4.78, 5) is 6.74. The topological polar surface area (TPSA) is 56.8 Å². The second-order valence-corrected chi connectivity index (χ2v) is 6.12. The second-order valence-electron chi connectivity index (χ2n) is 4.89. The van der Waals surface area contributed by atoms with E-state index in [0.29, 0.717) is 16.9 Å². The average Bonchev–Trinajstić information content (AvgIpc) is 2.91. The molecule has 5 nitrogen and oxygen atoms in total. The van der Waals surface area contributed by atoms with Gasteiger partial charge in [-0.15, -0.1) is 5.10 Å². The third-order valence-corrected chi connectivity index (χ3v) is 4.63. The summed E-state index contributed by atoms with van der Waals surface area (Å²) in [5.41, 5.74) is 0.850. The van der Waals surface area contributed by atoms with E-state index in [0.717, 1.165) is 35.6 Å². The fraction of sp³-hybridized carbons (Fsp3) is 0.385. The van der Waals surface area contributed by atoms with Crippen LogP contribution in [0.1, 0.15) is 6.92 Å². The third-order valence-electron chi connectivity index (χ3n) is 3.33. The van der Waals surface area contributed by atoms with E-state index in [9.17, 15) is 0 Å². The third kappa shape index (κ3) is 2.68. The maximum atomic E-state index is 6.29. The molecule has 0 aliphatic carbocycles. The Labute approximate surface area is 130 Å². The number of nitrogens with zero attached hydrogens (tertiary/aromatic N) is 3. The quantitative estimate of drug-likeness (QED) is 0.868. The standard InChI is InChI=1S/C13H15BrClN5/c1-8-7-20(6-5-16-8)13-17-12(18-19-13)9-3-2-4-10(14)11(9)15/h2-4,8,16H,5-7H2,1H3,(H,17,18,19). The highest BCUT2D eigenvalue weighted by atomic mass is 79.9. The highest BCUT2D eigenvalue weighted by Gasteiger charge is 2.20. The molecule has 0 saturated carbocycles. The molecule has 3 rings (SSSR count). The van der Waals surface area contributed by atoms with Gasteiger partial charge in [0.05, 0.1) is 5.02 Å². The molecule has 1 aromatic heterocycles. The monoisotopic (exact) mass is 355 g/mol.